The Morgan fingerprint density at radius 1 is 1.27 bits per heavy atom. The van der Waals surface area contributed by atoms with Gasteiger partial charge in [0, 0.05) is 0 Å². The van der Waals surface area contributed by atoms with Gasteiger partial charge in [-0.25, -0.2) is 4.79 Å². The van der Waals surface area contributed by atoms with E-state index in [1.165, 1.54) is 0 Å². The number of ether oxygens (including phenoxy) is 1. The molecular formula is C12H16O3. The average molecular weight is 208 g/mol. The Morgan fingerprint density at radius 3 is 2.00 bits per heavy atom. The van der Waals surface area contributed by atoms with Gasteiger partial charge in [0.1, 0.15) is 5.75 Å². The van der Waals surface area contributed by atoms with Crippen LogP contribution < -0.4 is 4.74 Å². The van der Waals surface area contributed by atoms with E-state index in [4.69, 9.17) is 9.84 Å². The molecule has 0 saturated carbocycles. The zero-order chi connectivity index (χ0) is 11.4. The van der Waals surface area contributed by atoms with E-state index in [-0.39, 0.29) is 0 Å². The molecule has 0 aliphatic heterocycles. The Hall–Kier alpha value is -1.51. The third-order valence-corrected chi connectivity index (χ3v) is 2.46. The van der Waals surface area contributed by atoms with Gasteiger partial charge in [0.2, 0.25) is 0 Å². The van der Waals surface area contributed by atoms with Crippen LogP contribution in [0.2, 0.25) is 0 Å². The van der Waals surface area contributed by atoms with Crippen molar-refractivity contribution in [3.05, 3.63) is 28.8 Å². The van der Waals surface area contributed by atoms with Gasteiger partial charge in [-0.1, -0.05) is 13.8 Å². The SMILES string of the molecule is CCc1cc(C(=O)O)cc(CC)c1OC. The van der Waals surface area contributed by atoms with E-state index in [1.807, 2.05) is 13.8 Å². The molecule has 3 nitrogen and oxygen atoms in total. The quantitative estimate of drug-likeness (QED) is 0.827. The molecule has 0 bridgehead atoms. The summed E-state index contributed by atoms with van der Waals surface area (Å²) in [5, 5.41) is 8.95. The number of rotatable bonds is 4. The van der Waals surface area contributed by atoms with Crippen molar-refractivity contribution >= 4 is 5.97 Å². The number of aromatic carboxylic acids is 1. The summed E-state index contributed by atoms with van der Waals surface area (Å²) in [5.74, 6) is -0.0629. The molecule has 0 unspecified atom stereocenters. The summed E-state index contributed by atoms with van der Waals surface area (Å²) in [7, 11) is 1.62. The highest BCUT2D eigenvalue weighted by molar-refractivity contribution is 5.88. The van der Waals surface area contributed by atoms with E-state index in [2.05, 4.69) is 0 Å². The maximum Gasteiger partial charge on any atom is 0.335 e. The van der Waals surface area contributed by atoms with Gasteiger partial charge in [-0.15, -0.1) is 0 Å². The number of carbonyl (C=O) groups is 1. The minimum absolute atomic E-state index is 0.338. The third kappa shape index (κ3) is 2.29. The van der Waals surface area contributed by atoms with Crippen LogP contribution in [0.4, 0.5) is 0 Å². The van der Waals surface area contributed by atoms with Gasteiger partial charge in [0.05, 0.1) is 12.7 Å². The fourth-order valence-corrected chi connectivity index (χ4v) is 1.67. The summed E-state index contributed by atoms with van der Waals surface area (Å²) in [4.78, 5) is 10.9. The van der Waals surface area contributed by atoms with E-state index in [0.717, 1.165) is 29.7 Å². The molecule has 1 aromatic rings. The molecule has 1 rings (SSSR count). The molecule has 15 heavy (non-hydrogen) atoms. The summed E-state index contributed by atoms with van der Waals surface area (Å²) in [5.41, 5.74) is 2.24. The van der Waals surface area contributed by atoms with E-state index in [1.54, 1.807) is 19.2 Å². The van der Waals surface area contributed by atoms with Crippen LogP contribution in [0.15, 0.2) is 12.1 Å². The van der Waals surface area contributed by atoms with Crippen LogP contribution in [0.3, 0.4) is 0 Å². The number of methoxy groups -OCH3 is 1. The number of carboxylic acid groups (broad SMARTS) is 1. The Kier molecular flexibility index (Phi) is 3.72. The van der Waals surface area contributed by atoms with Crippen LogP contribution in [0.1, 0.15) is 35.3 Å². The zero-order valence-electron chi connectivity index (χ0n) is 9.33. The van der Waals surface area contributed by atoms with E-state index in [9.17, 15) is 4.79 Å². The van der Waals surface area contributed by atoms with Crippen LogP contribution >= 0.6 is 0 Å². The van der Waals surface area contributed by atoms with Crippen molar-refractivity contribution < 1.29 is 14.6 Å². The average Bonchev–Trinajstić information content (AvgIpc) is 2.26. The maximum absolute atomic E-state index is 10.9. The van der Waals surface area contributed by atoms with Gasteiger partial charge in [0.25, 0.3) is 0 Å². The summed E-state index contributed by atoms with van der Waals surface area (Å²) >= 11 is 0. The minimum atomic E-state index is -0.887. The number of hydrogen-bond donors (Lipinski definition) is 1. The second-order valence-corrected chi connectivity index (χ2v) is 3.34. The van der Waals surface area contributed by atoms with Crippen molar-refractivity contribution in [2.45, 2.75) is 26.7 Å². The van der Waals surface area contributed by atoms with Crippen LogP contribution in [0, 0.1) is 0 Å². The molecule has 0 aliphatic rings. The van der Waals surface area contributed by atoms with Crippen LogP contribution in [0.25, 0.3) is 0 Å². The van der Waals surface area contributed by atoms with Crippen LogP contribution in [0.5, 0.6) is 5.75 Å². The molecule has 82 valence electrons. The van der Waals surface area contributed by atoms with Gasteiger partial charge in [-0.2, -0.15) is 0 Å². The molecule has 0 fully saturated rings. The normalized spacial score (nSPS) is 10.1. The number of aryl methyl sites for hydroxylation is 2. The van der Waals surface area contributed by atoms with Crippen molar-refractivity contribution in [3.8, 4) is 5.75 Å². The van der Waals surface area contributed by atoms with Crippen molar-refractivity contribution in [1.82, 2.24) is 0 Å². The maximum atomic E-state index is 10.9. The highest BCUT2D eigenvalue weighted by atomic mass is 16.5. The third-order valence-electron chi connectivity index (χ3n) is 2.46. The number of benzene rings is 1. The van der Waals surface area contributed by atoms with Crippen molar-refractivity contribution in [2.24, 2.45) is 0 Å². The van der Waals surface area contributed by atoms with Crippen molar-refractivity contribution in [1.29, 1.82) is 0 Å². The summed E-state index contributed by atoms with van der Waals surface area (Å²) in [6.07, 6.45) is 1.55. The Labute approximate surface area is 89.7 Å². The van der Waals surface area contributed by atoms with Crippen molar-refractivity contribution in [3.63, 3.8) is 0 Å². The number of hydrogen-bond acceptors (Lipinski definition) is 2. The van der Waals surface area contributed by atoms with Gasteiger partial charge in [-0.05, 0) is 36.1 Å². The lowest BCUT2D eigenvalue weighted by Gasteiger charge is -2.12. The monoisotopic (exact) mass is 208 g/mol. The fraction of sp³-hybridized carbons (Fsp3) is 0.417. The molecule has 1 N–H and O–H groups in total. The van der Waals surface area contributed by atoms with Gasteiger partial charge >= 0.3 is 5.97 Å². The first-order valence-electron chi connectivity index (χ1n) is 5.07. The summed E-state index contributed by atoms with van der Waals surface area (Å²) in [6.45, 7) is 3.98. The van der Waals surface area contributed by atoms with E-state index >= 15 is 0 Å². The predicted molar refractivity (Wildman–Crippen MR) is 58.7 cm³/mol. The van der Waals surface area contributed by atoms with Crippen LogP contribution in [-0.2, 0) is 12.8 Å². The zero-order valence-corrected chi connectivity index (χ0v) is 9.33. The molecule has 1 aromatic carbocycles. The molecule has 0 spiro atoms. The molecule has 0 aromatic heterocycles. The van der Waals surface area contributed by atoms with Gasteiger partial charge in [0.15, 0.2) is 0 Å². The highest BCUT2D eigenvalue weighted by Gasteiger charge is 2.12. The summed E-state index contributed by atoms with van der Waals surface area (Å²) < 4.78 is 5.30. The topological polar surface area (TPSA) is 46.5 Å². The highest BCUT2D eigenvalue weighted by Crippen LogP contribution is 2.26. The molecule has 3 heteroatoms. The smallest absolute Gasteiger partial charge is 0.335 e. The summed E-state index contributed by atoms with van der Waals surface area (Å²) in [6, 6.07) is 3.36. The molecule has 0 radical (unpaired) electrons. The second-order valence-electron chi connectivity index (χ2n) is 3.34. The lowest BCUT2D eigenvalue weighted by molar-refractivity contribution is 0.0696. The first kappa shape index (κ1) is 11.6. The lowest BCUT2D eigenvalue weighted by atomic mass is 10.0. The molecule has 0 amide bonds. The molecule has 0 heterocycles. The van der Waals surface area contributed by atoms with Crippen molar-refractivity contribution in [2.75, 3.05) is 7.11 Å². The minimum Gasteiger partial charge on any atom is -0.496 e. The predicted octanol–water partition coefficient (Wildman–Crippen LogP) is 2.52. The Morgan fingerprint density at radius 2 is 1.73 bits per heavy atom. The van der Waals surface area contributed by atoms with Gasteiger partial charge in [-0.3, -0.25) is 0 Å². The fourth-order valence-electron chi connectivity index (χ4n) is 1.67. The first-order chi connectivity index (χ1) is 7.13. The molecule has 0 aliphatic carbocycles. The Balaban J connectivity index is 3.35. The molecular weight excluding hydrogens is 192 g/mol. The lowest BCUT2D eigenvalue weighted by Crippen LogP contribution is -2.03. The van der Waals surface area contributed by atoms with Gasteiger partial charge < -0.3 is 9.84 Å². The molecule has 0 atom stereocenters. The molecule has 0 saturated heterocycles. The standard InChI is InChI=1S/C12H16O3/c1-4-8-6-10(12(13)14)7-9(5-2)11(8)15-3/h6-7H,4-5H2,1-3H3,(H,13,14). The van der Waals surface area contributed by atoms with E-state index in [0.29, 0.717) is 5.56 Å². The van der Waals surface area contributed by atoms with Crippen LogP contribution in [-0.4, -0.2) is 18.2 Å². The van der Waals surface area contributed by atoms with E-state index < -0.39 is 5.97 Å². The number of carboxylic acids is 1. The first-order valence-corrected chi connectivity index (χ1v) is 5.07. The Bertz CT molecular complexity index is 344. The second kappa shape index (κ2) is 4.82. The largest absolute Gasteiger partial charge is 0.496 e.